The van der Waals surface area contributed by atoms with Crippen LogP contribution in [0.2, 0.25) is 0 Å². The molecule has 0 amide bonds. The molecule has 0 unspecified atom stereocenters. The van der Waals surface area contributed by atoms with E-state index in [2.05, 4.69) is 10.3 Å². The van der Waals surface area contributed by atoms with E-state index in [1.54, 1.807) is 18.4 Å². The Kier molecular flexibility index (Phi) is 4.78. The van der Waals surface area contributed by atoms with E-state index < -0.39 is 0 Å². The number of benzene rings is 2. The molecule has 0 aliphatic carbocycles. The Morgan fingerprint density at radius 2 is 1.87 bits per heavy atom. The van der Waals surface area contributed by atoms with Crippen LogP contribution in [-0.2, 0) is 0 Å². The molecule has 0 radical (unpaired) electrons. The van der Waals surface area contributed by atoms with Crippen LogP contribution in [-0.4, -0.2) is 18.7 Å². The van der Waals surface area contributed by atoms with E-state index in [1.165, 1.54) is 0 Å². The number of nitrogens with zero attached hydrogens (tertiary/aromatic N) is 1. The topological polar surface area (TPSA) is 43.4 Å². The number of ether oxygens (including phenoxy) is 2. The average molecular weight is 326 g/mol. The second-order valence-corrected chi connectivity index (χ2v) is 5.68. The van der Waals surface area contributed by atoms with Crippen LogP contribution in [0, 0.1) is 0 Å². The zero-order valence-electron chi connectivity index (χ0n) is 13.1. The predicted molar refractivity (Wildman–Crippen MR) is 95.0 cm³/mol. The summed E-state index contributed by atoms with van der Waals surface area (Å²) in [6, 6.07) is 15.8. The molecule has 3 aromatic rings. The van der Waals surface area contributed by atoms with Crippen molar-refractivity contribution in [1.82, 2.24) is 4.98 Å². The maximum atomic E-state index is 5.63. The van der Waals surface area contributed by atoms with E-state index in [1.807, 2.05) is 60.8 Å². The molecule has 1 N–H and O–H groups in total. The highest BCUT2D eigenvalue weighted by Crippen LogP contribution is 2.31. The minimum Gasteiger partial charge on any atom is -0.497 e. The van der Waals surface area contributed by atoms with Gasteiger partial charge in [-0.05, 0) is 43.3 Å². The van der Waals surface area contributed by atoms with E-state index in [9.17, 15) is 0 Å². The van der Waals surface area contributed by atoms with Gasteiger partial charge in [-0.1, -0.05) is 12.1 Å². The minimum atomic E-state index is 0.633. The van der Waals surface area contributed by atoms with Gasteiger partial charge in [-0.3, -0.25) is 0 Å². The molecule has 2 aromatic carbocycles. The molecular weight excluding hydrogens is 308 g/mol. The van der Waals surface area contributed by atoms with Crippen molar-refractivity contribution in [2.24, 2.45) is 0 Å². The monoisotopic (exact) mass is 326 g/mol. The molecule has 1 heterocycles. The molecular formula is C18H18N2O2S. The van der Waals surface area contributed by atoms with Crippen molar-refractivity contribution in [3.63, 3.8) is 0 Å². The van der Waals surface area contributed by atoms with Gasteiger partial charge in [0, 0.05) is 10.9 Å². The number of anilines is 2. The second kappa shape index (κ2) is 7.15. The molecule has 1 aromatic heterocycles. The van der Waals surface area contributed by atoms with Crippen molar-refractivity contribution in [2.45, 2.75) is 6.92 Å². The Balaban J connectivity index is 1.79. The third-order valence-electron chi connectivity index (χ3n) is 3.32. The Morgan fingerprint density at radius 1 is 1.09 bits per heavy atom. The van der Waals surface area contributed by atoms with Crippen molar-refractivity contribution < 1.29 is 9.47 Å². The number of thiazole rings is 1. The molecule has 0 fully saturated rings. The minimum absolute atomic E-state index is 0.633. The van der Waals surface area contributed by atoms with Crippen molar-refractivity contribution in [3.05, 3.63) is 53.9 Å². The highest BCUT2D eigenvalue weighted by Gasteiger charge is 2.08. The van der Waals surface area contributed by atoms with Crippen LogP contribution in [0.15, 0.2) is 53.9 Å². The highest BCUT2D eigenvalue weighted by molar-refractivity contribution is 7.14. The number of methoxy groups -OCH3 is 1. The third-order valence-corrected chi connectivity index (χ3v) is 4.08. The quantitative estimate of drug-likeness (QED) is 0.695. The first-order valence-electron chi connectivity index (χ1n) is 7.39. The lowest BCUT2D eigenvalue weighted by molar-refractivity contribution is 0.342. The van der Waals surface area contributed by atoms with Crippen LogP contribution in [0.5, 0.6) is 11.5 Å². The Hall–Kier alpha value is -2.53. The zero-order valence-corrected chi connectivity index (χ0v) is 13.9. The summed E-state index contributed by atoms with van der Waals surface area (Å²) in [6.07, 6.45) is 0. The average Bonchev–Trinajstić information content (AvgIpc) is 3.05. The normalized spacial score (nSPS) is 10.3. The first kappa shape index (κ1) is 15.4. The second-order valence-electron chi connectivity index (χ2n) is 4.82. The number of para-hydroxylation sites is 2. The molecule has 0 saturated carbocycles. The van der Waals surface area contributed by atoms with Gasteiger partial charge in [0.05, 0.1) is 25.1 Å². The van der Waals surface area contributed by atoms with Crippen molar-refractivity contribution in [3.8, 4) is 22.8 Å². The van der Waals surface area contributed by atoms with Crippen LogP contribution in [0.4, 0.5) is 10.8 Å². The van der Waals surface area contributed by atoms with Gasteiger partial charge in [-0.15, -0.1) is 11.3 Å². The predicted octanol–water partition coefficient (Wildman–Crippen LogP) is 4.96. The van der Waals surface area contributed by atoms with E-state index in [0.29, 0.717) is 6.61 Å². The number of nitrogens with one attached hydrogen (secondary N) is 1. The molecule has 0 aliphatic heterocycles. The van der Waals surface area contributed by atoms with Crippen LogP contribution in [0.1, 0.15) is 6.92 Å². The molecule has 118 valence electrons. The molecule has 0 saturated heterocycles. The van der Waals surface area contributed by atoms with Gasteiger partial charge in [0.1, 0.15) is 11.5 Å². The maximum Gasteiger partial charge on any atom is 0.187 e. The van der Waals surface area contributed by atoms with Crippen LogP contribution in [0.25, 0.3) is 11.3 Å². The number of rotatable bonds is 6. The fourth-order valence-corrected chi connectivity index (χ4v) is 2.92. The molecule has 3 rings (SSSR count). The first-order chi connectivity index (χ1) is 11.3. The van der Waals surface area contributed by atoms with Gasteiger partial charge in [0.2, 0.25) is 0 Å². The van der Waals surface area contributed by atoms with Crippen LogP contribution in [0.3, 0.4) is 0 Å². The summed E-state index contributed by atoms with van der Waals surface area (Å²) in [5, 5.41) is 6.20. The SMILES string of the molecule is CCOc1ccccc1Nc1nc(-c2ccc(OC)cc2)cs1. The molecule has 5 heteroatoms. The zero-order chi connectivity index (χ0) is 16.1. The fraction of sp³-hybridized carbons (Fsp3) is 0.167. The lowest BCUT2D eigenvalue weighted by atomic mass is 10.2. The van der Waals surface area contributed by atoms with Gasteiger partial charge < -0.3 is 14.8 Å². The number of hydrogen-bond donors (Lipinski definition) is 1. The summed E-state index contributed by atoms with van der Waals surface area (Å²) in [5.41, 5.74) is 2.92. The summed E-state index contributed by atoms with van der Waals surface area (Å²) in [5.74, 6) is 1.67. The van der Waals surface area contributed by atoms with E-state index >= 15 is 0 Å². The standard InChI is InChI=1S/C18H18N2O2S/c1-3-22-17-7-5-4-6-15(17)19-18-20-16(12-23-18)13-8-10-14(21-2)11-9-13/h4-12H,3H2,1-2H3,(H,19,20). The maximum absolute atomic E-state index is 5.63. The number of aromatic nitrogens is 1. The lowest BCUT2D eigenvalue weighted by Gasteiger charge is -2.09. The molecule has 0 aliphatic rings. The fourth-order valence-electron chi connectivity index (χ4n) is 2.19. The van der Waals surface area contributed by atoms with Gasteiger partial charge in [-0.2, -0.15) is 0 Å². The van der Waals surface area contributed by atoms with E-state index in [0.717, 1.165) is 33.6 Å². The molecule has 0 atom stereocenters. The Labute approximate surface area is 139 Å². The summed E-state index contributed by atoms with van der Waals surface area (Å²) >= 11 is 1.57. The number of hydrogen-bond acceptors (Lipinski definition) is 5. The van der Waals surface area contributed by atoms with Gasteiger partial charge in [0.25, 0.3) is 0 Å². The lowest BCUT2D eigenvalue weighted by Crippen LogP contribution is -1.97. The first-order valence-corrected chi connectivity index (χ1v) is 8.27. The third kappa shape index (κ3) is 3.63. The summed E-state index contributed by atoms with van der Waals surface area (Å²) in [6.45, 7) is 2.61. The van der Waals surface area contributed by atoms with Crippen molar-refractivity contribution in [1.29, 1.82) is 0 Å². The Morgan fingerprint density at radius 3 is 2.61 bits per heavy atom. The summed E-state index contributed by atoms with van der Waals surface area (Å²) in [4.78, 5) is 4.64. The van der Waals surface area contributed by atoms with Crippen molar-refractivity contribution in [2.75, 3.05) is 19.0 Å². The highest BCUT2D eigenvalue weighted by atomic mass is 32.1. The Bertz CT molecular complexity index is 769. The van der Waals surface area contributed by atoms with Crippen LogP contribution < -0.4 is 14.8 Å². The van der Waals surface area contributed by atoms with E-state index in [4.69, 9.17) is 9.47 Å². The summed E-state index contributed by atoms with van der Waals surface area (Å²) < 4.78 is 10.8. The molecule has 23 heavy (non-hydrogen) atoms. The van der Waals surface area contributed by atoms with Gasteiger partial charge in [0.15, 0.2) is 5.13 Å². The van der Waals surface area contributed by atoms with Gasteiger partial charge >= 0.3 is 0 Å². The van der Waals surface area contributed by atoms with Gasteiger partial charge in [-0.25, -0.2) is 4.98 Å². The largest absolute Gasteiger partial charge is 0.497 e. The smallest absolute Gasteiger partial charge is 0.187 e. The van der Waals surface area contributed by atoms with Crippen LogP contribution >= 0.6 is 11.3 Å². The molecule has 4 nitrogen and oxygen atoms in total. The van der Waals surface area contributed by atoms with E-state index in [-0.39, 0.29) is 0 Å². The molecule has 0 bridgehead atoms. The molecule has 0 spiro atoms. The summed E-state index contributed by atoms with van der Waals surface area (Å²) in [7, 11) is 1.66. The van der Waals surface area contributed by atoms with Crippen molar-refractivity contribution >= 4 is 22.2 Å².